The number of hydrogen-bond donors (Lipinski definition) is 1. The zero-order valence-electron chi connectivity index (χ0n) is 9.54. The highest BCUT2D eigenvalue weighted by Gasteiger charge is 2.24. The Morgan fingerprint density at radius 1 is 1.47 bits per heavy atom. The van der Waals surface area contributed by atoms with Crippen LogP contribution in [-0.4, -0.2) is 23.4 Å². The molecule has 0 bridgehead atoms. The van der Waals surface area contributed by atoms with Crippen molar-refractivity contribution in [3.8, 4) is 0 Å². The monoisotopic (exact) mass is 272 g/mol. The maximum atomic E-state index is 11.8. The second kappa shape index (κ2) is 4.84. The van der Waals surface area contributed by atoms with Crippen molar-refractivity contribution in [2.24, 2.45) is 5.73 Å². The van der Waals surface area contributed by atoms with Crippen LogP contribution in [0.3, 0.4) is 0 Å². The molecule has 1 heterocycles. The van der Waals surface area contributed by atoms with Gasteiger partial charge >= 0.3 is 0 Å². The lowest BCUT2D eigenvalue weighted by Crippen LogP contribution is -2.44. The van der Waals surface area contributed by atoms with Crippen molar-refractivity contribution in [1.29, 1.82) is 0 Å². The average Bonchev–Trinajstić information content (AvgIpc) is 2.26. The fourth-order valence-electron chi connectivity index (χ4n) is 2.09. The Balaban J connectivity index is 2.27. The van der Waals surface area contributed by atoms with Gasteiger partial charge < -0.3 is 10.6 Å². The normalized spacial score (nSPS) is 16.6. The van der Waals surface area contributed by atoms with Crippen molar-refractivity contribution in [3.63, 3.8) is 0 Å². The number of amides is 1. The van der Waals surface area contributed by atoms with Gasteiger partial charge in [0.15, 0.2) is 0 Å². The van der Waals surface area contributed by atoms with Gasteiger partial charge in [-0.05, 0) is 36.6 Å². The van der Waals surface area contributed by atoms with Gasteiger partial charge in [-0.1, -0.05) is 23.2 Å². The maximum Gasteiger partial charge on any atom is 0.239 e. The van der Waals surface area contributed by atoms with E-state index in [9.17, 15) is 4.79 Å². The van der Waals surface area contributed by atoms with Crippen molar-refractivity contribution in [1.82, 2.24) is 4.90 Å². The zero-order valence-corrected chi connectivity index (χ0v) is 11.1. The average molecular weight is 273 g/mol. The standard InChI is InChI=1S/C12H14Cl2N2O/c1-7(15)12(17)16-3-2-10-8(6-16)4-9(13)5-11(10)14/h4-5,7H,2-3,6,15H2,1H3. The highest BCUT2D eigenvalue weighted by atomic mass is 35.5. The predicted molar refractivity (Wildman–Crippen MR) is 69.2 cm³/mol. The largest absolute Gasteiger partial charge is 0.337 e. The first-order valence-electron chi connectivity index (χ1n) is 5.50. The molecule has 0 saturated carbocycles. The first-order valence-corrected chi connectivity index (χ1v) is 6.26. The molecule has 1 atom stereocenters. The Morgan fingerprint density at radius 3 is 2.82 bits per heavy atom. The van der Waals surface area contributed by atoms with Gasteiger partial charge in [0.1, 0.15) is 0 Å². The number of benzene rings is 1. The third-order valence-corrected chi connectivity index (χ3v) is 3.50. The Hall–Kier alpha value is -0.770. The summed E-state index contributed by atoms with van der Waals surface area (Å²) in [6, 6.07) is 3.14. The fraction of sp³-hybridized carbons (Fsp3) is 0.417. The van der Waals surface area contributed by atoms with E-state index in [1.807, 2.05) is 6.07 Å². The van der Waals surface area contributed by atoms with Gasteiger partial charge in [-0.2, -0.15) is 0 Å². The van der Waals surface area contributed by atoms with E-state index in [-0.39, 0.29) is 5.91 Å². The third-order valence-electron chi connectivity index (χ3n) is 2.95. The number of rotatable bonds is 1. The van der Waals surface area contributed by atoms with Crippen LogP contribution in [0.2, 0.25) is 10.0 Å². The van der Waals surface area contributed by atoms with Crippen LogP contribution >= 0.6 is 23.2 Å². The molecule has 92 valence electrons. The van der Waals surface area contributed by atoms with Crippen LogP contribution in [0.1, 0.15) is 18.1 Å². The van der Waals surface area contributed by atoms with Crippen molar-refractivity contribution in [2.75, 3.05) is 6.54 Å². The number of carbonyl (C=O) groups is 1. The fourth-order valence-corrected chi connectivity index (χ4v) is 2.72. The van der Waals surface area contributed by atoms with E-state index in [1.54, 1.807) is 17.9 Å². The van der Waals surface area contributed by atoms with E-state index < -0.39 is 6.04 Å². The van der Waals surface area contributed by atoms with Crippen LogP contribution in [-0.2, 0) is 17.8 Å². The molecule has 2 rings (SSSR count). The maximum absolute atomic E-state index is 11.8. The summed E-state index contributed by atoms with van der Waals surface area (Å²) in [5, 5.41) is 1.28. The van der Waals surface area contributed by atoms with Crippen LogP contribution in [0, 0.1) is 0 Å². The van der Waals surface area contributed by atoms with Crippen molar-refractivity contribution in [2.45, 2.75) is 25.9 Å². The molecule has 0 fully saturated rings. The first kappa shape index (κ1) is 12.7. The Morgan fingerprint density at radius 2 is 2.18 bits per heavy atom. The lowest BCUT2D eigenvalue weighted by Gasteiger charge is -2.30. The van der Waals surface area contributed by atoms with Gasteiger partial charge in [0.05, 0.1) is 6.04 Å². The molecule has 1 aromatic carbocycles. The molecular formula is C12H14Cl2N2O. The molecule has 0 aromatic heterocycles. The van der Waals surface area contributed by atoms with Gasteiger partial charge in [-0.25, -0.2) is 0 Å². The molecule has 5 heteroatoms. The highest BCUT2D eigenvalue weighted by Crippen LogP contribution is 2.29. The summed E-state index contributed by atoms with van der Waals surface area (Å²) in [7, 11) is 0. The molecule has 1 aliphatic rings. The highest BCUT2D eigenvalue weighted by molar-refractivity contribution is 6.35. The second-order valence-corrected chi connectivity index (χ2v) is 5.17. The van der Waals surface area contributed by atoms with Crippen molar-refractivity contribution >= 4 is 29.1 Å². The van der Waals surface area contributed by atoms with Crippen molar-refractivity contribution < 1.29 is 4.79 Å². The quantitative estimate of drug-likeness (QED) is 0.852. The van der Waals surface area contributed by atoms with Gasteiger partial charge in [0.2, 0.25) is 5.91 Å². The third kappa shape index (κ3) is 2.57. The summed E-state index contributed by atoms with van der Waals surface area (Å²) in [5.41, 5.74) is 7.71. The molecule has 1 aliphatic heterocycles. The molecule has 1 aromatic rings. The minimum atomic E-state index is -0.466. The molecule has 0 aliphatic carbocycles. The van der Waals surface area contributed by atoms with Crippen LogP contribution < -0.4 is 5.73 Å². The van der Waals surface area contributed by atoms with E-state index in [0.717, 1.165) is 17.5 Å². The first-order chi connectivity index (χ1) is 7.99. The number of halogens is 2. The topological polar surface area (TPSA) is 46.3 Å². The van der Waals surface area contributed by atoms with Crippen LogP contribution in [0.15, 0.2) is 12.1 Å². The number of carbonyl (C=O) groups excluding carboxylic acids is 1. The van der Waals surface area contributed by atoms with Crippen LogP contribution in [0.25, 0.3) is 0 Å². The van der Waals surface area contributed by atoms with Gasteiger partial charge in [0.25, 0.3) is 0 Å². The van der Waals surface area contributed by atoms with E-state index in [4.69, 9.17) is 28.9 Å². The lowest BCUT2D eigenvalue weighted by molar-refractivity contribution is -0.133. The summed E-state index contributed by atoms with van der Waals surface area (Å²) in [6.07, 6.45) is 0.754. The Bertz CT molecular complexity index is 460. The van der Waals surface area contributed by atoms with Crippen LogP contribution in [0.5, 0.6) is 0 Å². The number of hydrogen-bond acceptors (Lipinski definition) is 2. The molecule has 1 unspecified atom stereocenters. The lowest BCUT2D eigenvalue weighted by atomic mass is 9.99. The Labute approximate surface area is 110 Å². The SMILES string of the molecule is CC(N)C(=O)N1CCc2c(Cl)cc(Cl)cc2C1. The summed E-state index contributed by atoms with van der Waals surface area (Å²) >= 11 is 12.1. The molecule has 2 N–H and O–H groups in total. The van der Waals surface area contributed by atoms with Gasteiger partial charge in [0, 0.05) is 23.1 Å². The van der Waals surface area contributed by atoms with E-state index in [2.05, 4.69) is 0 Å². The Kier molecular flexibility index (Phi) is 3.61. The number of fused-ring (bicyclic) bond motifs is 1. The molecule has 17 heavy (non-hydrogen) atoms. The molecule has 0 saturated heterocycles. The van der Waals surface area contributed by atoms with Gasteiger partial charge in [-0.15, -0.1) is 0 Å². The summed E-state index contributed by atoms with van der Waals surface area (Å²) < 4.78 is 0. The molecule has 0 radical (unpaired) electrons. The molecule has 0 spiro atoms. The van der Waals surface area contributed by atoms with E-state index in [1.165, 1.54) is 0 Å². The molecular weight excluding hydrogens is 259 g/mol. The second-order valence-electron chi connectivity index (χ2n) is 4.32. The summed E-state index contributed by atoms with van der Waals surface area (Å²) in [5.74, 6) is -0.0354. The molecule has 1 amide bonds. The van der Waals surface area contributed by atoms with Gasteiger partial charge in [-0.3, -0.25) is 4.79 Å². The zero-order chi connectivity index (χ0) is 12.6. The summed E-state index contributed by atoms with van der Waals surface area (Å²) in [6.45, 7) is 2.90. The number of nitrogens with two attached hydrogens (primary N) is 1. The smallest absolute Gasteiger partial charge is 0.239 e. The minimum absolute atomic E-state index is 0.0354. The van der Waals surface area contributed by atoms with E-state index in [0.29, 0.717) is 23.1 Å². The molecule has 3 nitrogen and oxygen atoms in total. The number of nitrogens with zero attached hydrogens (tertiary/aromatic N) is 1. The summed E-state index contributed by atoms with van der Waals surface area (Å²) in [4.78, 5) is 13.6. The predicted octanol–water partition coefficient (Wildman–Crippen LogP) is 2.23. The van der Waals surface area contributed by atoms with Crippen LogP contribution in [0.4, 0.5) is 0 Å². The van der Waals surface area contributed by atoms with E-state index >= 15 is 0 Å². The minimum Gasteiger partial charge on any atom is -0.337 e. The van der Waals surface area contributed by atoms with Crippen molar-refractivity contribution in [3.05, 3.63) is 33.3 Å².